The Balaban J connectivity index is 2.45. The summed E-state index contributed by atoms with van der Waals surface area (Å²) in [7, 11) is 0. The zero-order chi connectivity index (χ0) is 7.68. The molecular weight excluding hydrogens is 172 g/mol. The fourth-order valence-corrected chi connectivity index (χ4v) is 2.62. The van der Waals surface area contributed by atoms with Gasteiger partial charge in [0.05, 0.1) is 0 Å². The van der Waals surface area contributed by atoms with Crippen molar-refractivity contribution in [2.75, 3.05) is 0 Å². The van der Waals surface area contributed by atoms with E-state index in [1.807, 2.05) is 11.3 Å². The van der Waals surface area contributed by atoms with E-state index in [0.29, 0.717) is 0 Å². The van der Waals surface area contributed by atoms with Crippen LogP contribution in [0.3, 0.4) is 0 Å². The molecule has 0 N–H and O–H groups in total. The van der Waals surface area contributed by atoms with Gasteiger partial charge in [0.25, 0.3) is 0 Å². The molecule has 0 aliphatic rings. The summed E-state index contributed by atoms with van der Waals surface area (Å²) in [5.41, 5.74) is 2.71. The first kappa shape index (κ1) is 7.07. The third kappa shape index (κ3) is 1.37. The first-order valence-electron chi connectivity index (χ1n) is 3.44. The molecule has 0 saturated carbocycles. The van der Waals surface area contributed by atoms with Crippen molar-refractivity contribution in [1.29, 1.82) is 0 Å². The second-order valence-electron chi connectivity index (χ2n) is 2.50. The molecule has 2 aromatic heterocycles. The summed E-state index contributed by atoms with van der Waals surface area (Å²) in [6.07, 6.45) is 0. The maximum atomic E-state index is 2.23. The lowest BCUT2D eigenvalue weighted by Crippen LogP contribution is -1.60. The molecule has 2 heteroatoms. The van der Waals surface area contributed by atoms with E-state index in [1.165, 1.54) is 16.0 Å². The Hall–Kier alpha value is -0.600. The highest BCUT2D eigenvalue weighted by Crippen LogP contribution is 2.28. The lowest BCUT2D eigenvalue weighted by atomic mass is 10.2. The number of thiophene rings is 2. The smallest absolute Gasteiger partial charge is 0.0353 e. The number of hydrogen-bond acceptors (Lipinski definition) is 2. The van der Waals surface area contributed by atoms with Crippen molar-refractivity contribution in [2.24, 2.45) is 0 Å². The Labute approximate surface area is 74.1 Å². The highest BCUT2D eigenvalue weighted by molar-refractivity contribution is 7.14. The van der Waals surface area contributed by atoms with Crippen molar-refractivity contribution in [3.8, 4) is 10.4 Å². The van der Waals surface area contributed by atoms with Gasteiger partial charge in [-0.2, -0.15) is 11.3 Å². The van der Waals surface area contributed by atoms with E-state index >= 15 is 0 Å². The molecule has 0 atom stereocenters. The minimum Gasteiger partial charge on any atom is -0.152 e. The Morgan fingerprint density at radius 2 is 2.18 bits per heavy atom. The predicted octanol–water partition coefficient (Wildman–Crippen LogP) is 3.79. The van der Waals surface area contributed by atoms with Crippen LogP contribution in [0.4, 0.5) is 0 Å². The van der Waals surface area contributed by atoms with Crippen molar-refractivity contribution in [3.05, 3.63) is 33.8 Å². The van der Waals surface area contributed by atoms with Crippen molar-refractivity contribution in [1.82, 2.24) is 0 Å². The quantitative estimate of drug-likeness (QED) is 0.626. The molecular formula is C9H8S2. The zero-order valence-corrected chi connectivity index (χ0v) is 7.84. The summed E-state index contributed by atoms with van der Waals surface area (Å²) in [6.45, 7) is 2.13. The number of hydrogen-bond donors (Lipinski definition) is 0. The topological polar surface area (TPSA) is 0 Å². The van der Waals surface area contributed by atoms with Crippen LogP contribution in [-0.2, 0) is 0 Å². The van der Waals surface area contributed by atoms with Crippen molar-refractivity contribution in [2.45, 2.75) is 6.92 Å². The minimum absolute atomic E-state index is 1.35. The average Bonchev–Trinajstić information content (AvgIpc) is 2.55. The number of rotatable bonds is 1. The fourth-order valence-electron chi connectivity index (χ4n) is 0.987. The highest BCUT2D eigenvalue weighted by Gasteiger charge is 1.98. The molecule has 0 unspecified atom stereocenters. The lowest BCUT2D eigenvalue weighted by molar-refractivity contribution is 1.56. The summed E-state index contributed by atoms with van der Waals surface area (Å²) in [5, 5.41) is 6.49. The third-order valence-corrected chi connectivity index (χ3v) is 3.32. The molecule has 0 bridgehead atoms. The molecule has 0 radical (unpaired) electrons. The van der Waals surface area contributed by atoms with Crippen LogP contribution in [0.15, 0.2) is 28.3 Å². The maximum absolute atomic E-state index is 2.23. The zero-order valence-electron chi connectivity index (χ0n) is 6.20. The van der Waals surface area contributed by atoms with Crippen LogP contribution < -0.4 is 0 Å². The molecule has 2 aromatic rings. The van der Waals surface area contributed by atoms with E-state index < -0.39 is 0 Å². The van der Waals surface area contributed by atoms with E-state index in [9.17, 15) is 0 Å². The predicted molar refractivity (Wildman–Crippen MR) is 52.4 cm³/mol. The average molecular weight is 180 g/mol. The minimum atomic E-state index is 1.35. The fraction of sp³-hybridized carbons (Fsp3) is 0.111. The molecule has 0 aromatic carbocycles. The molecule has 0 saturated heterocycles. The van der Waals surface area contributed by atoms with E-state index in [2.05, 4.69) is 35.2 Å². The SMILES string of the molecule is Cc1csc(-c2ccsc2)c1. The Bertz CT molecular complexity index is 330. The molecule has 0 aliphatic carbocycles. The summed E-state index contributed by atoms with van der Waals surface area (Å²) >= 11 is 3.56. The van der Waals surface area contributed by atoms with Crippen LogP contribution in [0.2, 0.25) is 0 Å². The van der Waals surface area contributed by atoms with Gasteiger partial charge in [-0.3, -0.25) is 0 Å². The first-order valence-corrected chi connectivity index (χ1v) is 5.26. The summed E-state index contributed by atoms with van der Waals surface area (Å²) in [5.74, 6) is 0. The van der Waals surface area contributed by atoms with E-state index in [1.54, 1.807) is 11.3 Å². The van der Waals surface area contributed by atoms with Crippen molar-refractivity contribution in [3.63, 3.8) is 0 Å². The summed E-state index contributed by atoms with van der Waals surface area (Å²) in [6, 6.07) is 4.39. The molecule has 0 spiro atoms. The van der Waals surface area contributed by atoms with Crippen LogP contribution in [0.1, 0.15) is 5.56 Å². The maximum Gasteiger partial charge on any atom is 0.0353 e. The monoisotopic (exact) mass is 180 g/mol. The second kappa shape index (κ2) is 2.80. The van der Waals surface area contributed by atoms with Gasteiger partial charge < -0.3 is 0 Å². The van der Waals surface area contributed by atoms with Crippen LogP contribution in [0, 0.1) is 6.92 Å². The van der Waals surface area contributed by atoms with Gasteiger partial charge in [-0.15, -0.1) is 11.3 Å². The van der Waals surface area contributed by atoms with E-state index in [0.717, 1.165) is 0 Å². The van der Waals surface area contributed by atoms with Crippen LogP contribution in [0.25, 0.3) is 10.4 Å². The molecule has 56 valence electrons. The second-order valence-corrected chi connectivity index (χ2v) is 4.19. The first-order chi connectivity index (χ1) is 5.36. The Morgan fingerprint density at radius 1 is 1.27 bits per heavy atom. The largest absolute Gasteiger partial charge is 0.152 e. The molecule has 2 rings (SSSR count). The van der Waals surface area contributed by atoms with Gasteiger partial charge in [-0.25, -0.2) is 0 Å². The van der Waals surface area contributed by atoms with Gasteiger partial charge in [-0.1, -0.05) is 0 Å². The van der Waals surface area contributed by atoms with Gasteiger partial charge in [0.15, 0.2) is 0 Å². The Morgan fingerprint density at radius 3 is 2.73 bits per heavy atom. The third-order valence-electron chi connectivity index (χ3n) is 1.54. The van der Waals surface area contributed by atoms with Gasteiger partial charge in [0.1, 0.15) is 0 Å². The molecule has 11 heavy (non-hydrogen) atoms. The number of aryl methyl sites for hydroxylation is 1. The lowest BCUT2D eigenvalue weighted by Gasteiger charge is -1.86. The van der Waals surface area contributed by atoms with Crippen LogP contribution >= 0.6 is 22.7 Å². The van der Waals surface area contributed by atoms with Crippen molar-refractivity contribution >= 4 is 22.7 Å². The van der Waals surface area contributed by atoms with Crippen LogP contribution in [0.5, 0.6) is 0 Å². The summed E-state index contributed by atoms with van der Waals surface area (Å²) in [4.78, 5) is 1.38. The van der Waals surface area contributed by atoms with Crippen molar-refractivity contribution < 1.29 is 0 Å². The molecule has 0 amide bonds. The van der Waals surface area contributed by atoms with E-state index in [4.69, 9.17) is 0 Å². The molecule has 0 aliphatic heterocycles. The van der Waals surface area contributed by atoms with E-state index in [-0.39, 0.29) is 0 Å². The standard InChI is InChI=1S/C9H8S2/c1-7-4-9(11-5-7)8-2-3-10-6-8/h2-6H,1H3. The Kier molecular flexibility index (Phi) is 1.80. The summed E-state index contributed by atoms with van der Waals surface area (Å²) < 4.78 is 0. The van der Waals surface area contributed by atoms with Gasteiger partial charge in [-0.05, 0) is 40.8 Å². The highest BCUT2D eigenvalue weighted by atomic mass is 32.1. The molecule has 2 heterocycles. The van der Waals surface area contributed by atoms with Gasteiger partial charge in [0.2, 0.25) is 0 Å². The van der Waals surface area contributed by atoms with Gasteiger partial charge in [0, 0.05) is 10.4 Å². The normalized spacial score (nSPS) is 10.3. The molecule has 0 fully saturated rings. The molecule has 0 nitrogen and oxygen atoms in total. The van der Waals surface area contributed by atoms with Crippen LogP contribution in [-0.4, -0.2) is 0 Å². The van der Waals surface area contributed by atoms with Gasteiger partial charge >= 0.3 is 0 Å².